The van der Waals surface area contributed by atoms with E-state index in [1.54, 1.807) is 18.6 Å². The van der Waals surface area contributed by atoms with Gasteiger partial charge in [0.15, 0.2) is 0 Å². The number of hydrogen-bond donors (Lipinski definition) is 2. The molecule has 7 rings (SSSR count). The number of carbonyl (C=O) groups is 2. The second kappa shape index (κ2) is 10.2. The quantitative estimate of drug-likeness (QED) is 0.194. The van der Waals surface area contributed by atoms with Crippen LogP contribution in [0.3, 0.4) is 0 Å². The zero-order valence-corrected chi connectivity index (χ0v) is 24.4. The number of nitrogens with one attached hydrogen (secondary N) is 1. The van der Waals surface area contributed by atoms with E-state index in [0.29, 0.717) is 12.0 Å². The van der Waals surface area contributed by atoms with Gasteiger partial charge in [0.05, 0.1) is 34.8 Å². The van der Waals surface area contributed by atoms with E-state index < -0.39 is 17.4 Å². The van der Waals surface area contributed by atoms with Crippen molar-refractivity contribution in [3.8, 4) is 11.3 Å². The second-order valence-electron chi connectivity index (χ2n) is 12.2. The van der Waals surface area contributed by atoms with Crippen molar-refractivity contribution in [1.82, 2.24) is 19.4 Å². The van der Waals surface area contributed by atoms with Crippen LogP contribution < -0.4 is 5.32 Å². The van der Waals surface area contributed by atoms with Gasteiger partial charge in [0.2, 0.25) is 5.92 Å². The Labute approximate surface area is 252 Å². The average molecular weight is 599 g/mol. The molecule has 0 spiro atoms. The number of furan rings is 1. The first-order valence-corrected chi connectivity index (χ1v) is 14.8. The van der Waals surface area contributed by atoms with Gasteiger partial charge in [-0.2, -0.15) is 0 Å². The maximum Gasteiger partial charge on any atom is 0.328 e. The Morgan fingerprint density at radius 1 is 1.07 bits per heavy atom. The van der Waals surface area contributed by atoms with Crippen molar-refractivity contribution < 1.29 is 27.9 Å². The minimum atomic E-state index is -2.69. The van der Waals surface area contributed by atoms with Crippen LogP contribution >= 0.6 is 0 Å². The second-order valence-corrected chi connectivity index (χ2v) is 12.2. The first-order valence-electron chi connectivity index (χ1n) is 14.8. The predicted molar refractivity (Wildman–Crippen MR) is 163 cm³/mol. The Hall–Kier alpha value is -4.73. The largest absolute Gasteiger partial charge is 0.478 e. The molecule has 0 radical (unpaired) electrons. The van der Waals surface area contributed by atoms with Gasteiger partial charge in [-0.3, -0.25) is 4.79 Å². The van der Waals surface area contributed by atoms with Crippen molar-refractivity contribution in [1.29, 1.82) is 0 Å². The third-order valence-corrected chi connectivity index (χ3v) is 9.42. The summed E-state index contributed by atoms with van der Waals surface area (Å²) in [6, 6.07) is 12.9. The number of nitrogens with zero attached hydrogens (tertiary/aromatic N) is 3. The summed E-state index contributed by atoms with van der Waals surface area (Å²) in [4.78, 5) is 29.7. The molecule has 3 heterocycles. The highest BCUT2D eigenvalue weighted by Gasteiger charge is 2.45. The summed E-state index contributed by atoms with van der Waals surface area (Å²) in [6.07, 6.45) is 8.31. The van der Waals surface area contributed by atoms with Crippen LogP contribution in [0.1, 0.15) is 71.8 Å². The molecule has 2 aliphatic carbocycles. The highest BCUT2D eigenvalue weighted by Crippen LogP contribution is 2.50. The lowest BCUT2D eigenvalue weighted by molar-refractivity contribution is -0.131. The van der Waals surface area contributed by atoms with Gasteiger partial charge in [-0.1, -0.05) is 12.1 Å². The molecule has 3 aromatic heterocycles. The zero-order chi connectivity index (χ0) is 30.8. The maximum absolute atomic E-state index is 14.3. The number of aromatic nitrogens is 3. The summed E-state index contributed by atoms with van der Waals surface area (Å²) >= 11 is 0. The van der Waals surface area contributed by atoms with Crippen molar-refractivity contribution in [3.05, 3.63) is 83.6 Å². The molecule has 0 saturated heterocycles. The summed E-state index contributed by atoms with van der Waals surface area (Å²) in [7, 11) is 3.80. The Morgan fingerprint density at radius 2 is 1.89 bits per heavy atom. The van der Waals surface area contributed by atoms with E-state index in [-0.39, 0.29) is 24.7 Å². The van der Waals surface area contributed by atoms with E-state index in [1.165, 1.54) is 6.08 Å². The fourth-order valence-electron chi connectivity index (χ4n) is 7.10. The number of amides is 1. The van der Waals surface area contributed by atoms with Crippen LogP contribution in [0.4, 0.5) is 8.78 Å². The molecule has 226 valence electrons. The monoisotopic (exact) mass is 598 g/mol. The Morgan fingerprint density at radius 3 is 2.55 bits per heavy atom. The van der Waals surface area contributed by atoms with Gasteiger partial charge >= 0.3 is 5.97 Å². The number of halogens is 2. The number of hydrogen-bond acceptors (Lipinski definition) is 4. The van der Waals surface area contributed by atoms with E-state index in [4.69, 9.17) is 14.5 Å². The third-order valence-electron chi connectivity index (χ3n) is 9.42. The molecular weight excluding hydrogens is 566 g/mol. The van der Waals surface area contributed by atoms with Crippen molar-refractivity contribution >= 4 is 39.9 Å². The minimum Gasteiger partial charge on any atom is -0.478 e. The van der Waals surface area contributed by atoms with Crippen LogP contribution in [0.5, 0.6) is 0 Å². The molecule has 10 heteroatoms. The number of carboxylic acids is 1. The lowest BCUT2D eigenvalue weighted by Crippen LogP contribution is -2.52. The summed E-state index contributed by atoms with van der Waals surface area (Å²) < 4.78 is 38.0. The van der Waals surface area contributed by atoms with Crippen molar-refractivity contribution in [2.45, 2.75) is 55.9 Å². The van der Waals surface area contributed by atoms with Gasteiger partial charge in [-0.05, 0) is 79.1 Å². The highest BCUT2D eigenvalue weighted by atomic mass is 19.3. The summed E-state index contributed by atoms with van der Waals surface area (Å²) in [5, 5.41) is 13.1. The van der Waals surface area contributed by atoms with Crippen molar-refractivity contribution in [2.24, 2.45) is 14.1 Å². The lowest BCUT2D eigenvalue weighted by atomic mass is 9.75. The van der Waals surface area contributed by atoms with Crippen LogP contribution in [0.15, 0.2) is 65.5 Å². The van der Waals surface area contributed by atoms with Crippen LogP contribution in [-0.2, 0) is 24.4 Å². The molecule has 5 aromatic rings. The molecule has 2 aromatic carbocycles. The summed E-state index contributed by atoms with van der Waals surface area (Å²) in [5.74, 6) is -3.49. The molecule has 0 aliphatic heterocycles. The fraction of sp³-hybridized carbons (Fsp3) is 0.324. The normalized spacial score (nSPS) is 19.1. The Kier molecular flexibility index (Phi) is 6.49. The number of carbonyl (C=O) groups excluding carboxylic acids is 1. The van der Waals surface area contributed by atoms with Gasteiger partial charge < -0.3 is 24.0 Å². The molecule has 2 N–H and O–H groups in total. The number of imidazole rings is 1. The summed E-state index contributed by atoms with van der Waals surface area (Å²) in [6.45, 7) is 0. The third kappa shape index (κ3) is 4.60. The van der Waals surface area contributed by atoms with Crippen LogP contribution in [0.25, 0.3) is 39.3 Å². The Bertz CT molecular complexity index is 1960. The maximum atomic E-state index is 14.3. The van der Waals surface area contributed by atoms with Gasteiger partial charge in [0, 0.05) is 55.0 Å². The molecule has 1 amide bonds. The zero-order valence-electron chi connectivity index (χ0n) is 24.4. The standard InChI is InChI=1S/C34H32F2N4O4/c1-39-26-17-21(6-7-24(26)29(22-10-14-34(35,36)18-22)30(39)23-11-15-44-19-23)31(43)38-33(12-3-13-33)32-37-25-8-4-20(5-9-28(41)42)16-27(25)40(32)2/h4-9,11,15-17,19,22H,3,10,12-14,18H2,1-2H3,(H,38,43)(H,41,42)/b9-5+. The van der Waals surface area contributed by atoms with Crippen LogP contribution in [0, 0.1) is 0 Å². The number of fused-ring (bicyclic) bond motifs is 2. The van der Waals surface area contributed by atoms with Crippen LogP contribution in [-0.4, -0.2) is 37.0 Å². The Balaban J connectivity index is 1.24. The van der Waals surface area contributed by atoms with Gasteiger partial charge in [0.25, 0.3) is 5.91 Å². The number of carboxylic acid groups (broad SMARTS) is 1. The molecular formula is C34H32F2N4O4. The number of rotatable bonds is 7. The van der Waals surface area contributed by atoms with Crippen molar-refractivity contribution in [3.63, 3.8) is 0 Å². The van der Waals surface area contributed by atoms with Gasteiger partial charge in [-0.25, -0.2) is 18.6 Å². The van der Waals surface area contributed by atoms with E-state index >= 15 is 0 Å². The molecule has 1 unspecified atom stereocenters. The molecule has 1 atom stereocenters. The molecule has 2 saturated carbocycles. The van der Waals surface area contributed by atoms with E-state index in [1.807, 2.05) is 59.6 Å². The first kappa shape index (κ1) is 28.1. The SMILES string of the molecule is Cn1c(C2(NC(=O)c3ccc4c(C5CCC(F)(F)C5)c(-c5ccoc5)n(C)c4c3)CCC2)nc2ccc(/C=C/C(=O)O)cc21. The first-order chi connectivity index (χ1) is 21.1. The van der Waals surface area contributed by atoms with Crippen molar-refractivity contribution in [2.75, 3.05) is 0 Å². The highest BCUT2D eigenvalue weighted by molar-refractivity contribution is 6.01. The molecule has 44 heavy (non-hydrogen) atoms. The smallest absolute Gasteiger partial charge is 0.328 e. The van der Waals surface area contributed by atoms with E-state index in [2.05, 4.69) is 5.32 Å². The predicted octanol–water partition coefficient (Wildman–Crippen LogP) is 7.13. The molecule has 0 bridgehead atoms. The number of aryl methyl sites for hydroxylation is 2. The average Bonchev–Trinajstić information content (AvgIpc) is 3.75. The fourth-order valence-corrected chi connectivity index (χ4v) is 7.10. The number of benzene rings is 2. The summed E-state index contributed by atoms with van der Waals surface area (Å²) in [5.41, 5.74) is 5.50. The number of aliphatic carboxylic acids is 1. The van der Waals surface area contributed by atoms with Gasteiger partial charge in [0.1, 0.15) is 5.82 Å². The molecule has 2 fully saturated rings. The topological polar surface area (TPSA) is 102 Å². The van der Waals surface area contributed by atoms with Gasteiger partial charge in [-0.15, -0.1) is 0 Å². The molecule has 8 nitrogen and oxygen atoms in total. The lowest BCUT2D eigenvalue weighted by Gasteiger charge is -2.41. The van der Waals surface area contributed by atoms with E-state index in [0.717, 1.165) is 75.5 Å². The molecule has 2 aliphatic rings. The van der Waals surface area contributed by atoms with Crippen LogP contribution in [0.2, 0.25) is 0 Å². The van der Waals surface area contributed by atoms with E-state index in [9.17, 15) is 18.4 Å². The minimum absolute atomic E-state index is 0.135. The number of alkyl halides is 2.